The summed E-state index contributed by atoms with van der Waals surface area (Å²) in [6.45, 7) is 4.02. The third-order valence-corrected chi connectivity index (χ3v) is 9.39. The molecule has 6 heteroatoms. The zero-order valence-electron chi connectivity index (χ0n) is 31.0. The van der Waals surface area contributed by atoms with Gasteiger partial charge in [-0.15, -0.1) is 0 Å². The zero-order valence-corrected chi connectivity index (χ0v) is 31.0. The van der Waals surface area contributed by atoms with Gasteiger partial charge in [-0.25, -0.2) is 0 Å². The number of carbonyl (C=O) groups excluding carboxylic acids is 1. The fourth-order valence-electron chi connectivity index (χ4n) is 6.12. The van der Waals surface area contributed by atoms with E-state index in [1.54, 1.807) is 0 Å². The van der Waals surface area contributed by atoms with E-state index in [9.17, 15) is 25.2 Å². The number of allylic oxidation sites excluding steroid dienone is 4. The molecular formula is C41H79NO5. The minimum Gasteiger partial charge on any atom is -0.394 e. The van der Waals surface area contributed by atoms with Crippen LogP contribution in [-0.2, 0) is 4.79 Å². The lowest BCUT2D eigenvalue weighted by Crippen LogP contribution is -2.53. The summed E-state index contributed by atoms with van der Waals surface area (Å²) in [5, 5.41) is 43.5. The average Bonchev–Trinajstić information content (AvgIpc) is 3.07. The van der Waals surface area contributed by atoms with Gasteiger partial charge >= 0.3 is 0 Å². The van der Waals surface area contributed by atoms with Gasteiger partial charge in [-0.05, 0) is 51.4 Å². The Balaban J connectivity index is 3.83. The number of rotatable bonds is 36. The first kappa shape index (κ1) is 45.8. The fourth-order valence-corrected chi connectivity index (χ4v) is 6.12. The van der Waals surface area contributed by atoms with Gasteiger partial charge in [-0.3, -0.25) is 4.79 Å². The number of unbranched alkanes of at least 4 members (excludes halogenated alkanes) is 23. The lowest BCUT2D eigenvalue weighted by atomic mass is 10.00. The molecule has 0 radical (unpaired) electrons. The van der Waals surface area contributed by atoms with E-state index in [2.05, 4.69) is 43.5 Å². The first-order valence-corrected chi connectivity index (χ1v) is 20.2. The second-order valence-electron chi connectivity index (χ2n) is 14.0. The van der Waals surface area contributed by atoms with Crippen molar-refractivity contribution in [2.75, 3.05) is 6.61 Å². The number of hydrogen-bond donors (Lipinski definition) is 5. The minimum absolute atomic E-state index is 0.363. The number of aliphatic hydroxyl groups excluding tert-OH is 4. The van der Waals surface area contributed by atoms with Crippen molar-refractivity contribution in [3.63, 3.8) is 0 Å². The topological polar surface area (TPSA) is 110 Å². The van der Waals surface area contributed by atoms with Crippen LogP contribution in [0.3, 0.4) is 0 Å². The van der Waals surface area contributed by atoms with Gasteiger partial charge in [0.15, 0.2) is 0 Å². The molecule has 4 atom stereocenters. The number of aliphatic hydroxyl groups is 4. The summed E-state index contributed by atoms with van der Waals surface area (Å²) >= 11 is 0. The van der Waals surface area contributed by atoms with Crippen LogP contribution in [0.25, 0.3) is 0 Å². The molecule has 4 unspecified atom stereocenters. The highest BCUT2D eigenvalue weighted by Crippen LogP contribution is 2.15. The molecule has 6 nitrogen and oxygen atoms in total. The lowest BCUT2D eigenvalue weighted by Gasteiger charge is -2.27. The first-order chi connectivity index (χ1) is 23.0. The molecule has 0 aliphatic heterocycles. The molecule has 0 aromatic heterocycles. The zero-order chi connectivity index (χ0) is 34.6. The summed E-state index contributed by atoms with van der Waals surface area (Å²) in [4.78, 5) is 12.5. The van der Waals surface area contributed by atoms with Crippen molar-refractivity contribution in [1.29, 1.82) is 0 Å². The van der Waals surface area contributed by atoms with E-state index < -0.39 is 36.9 Å². The van der Waals surface area contributed by atoms with E-state index >= 15 is 0 Å². The molecule has 0 aromatic rings. The highest BCUT2D eigenvalue weighted by atomic mass is 16.3. The summed E-state index contributed by atoms with van der Waals surface area (Å²) in [6.07, 6.45) is 39.1. The van der Waals surface area contributed by atoms with Gasteiger partial charge in [-0.1, -0.05) is 173 Å². The molecule has 0 saturated carbocycles. The van der Waals surface area contributed by atoms with Crippen LogP contribution in [0.15, 0.2) is 24.3 Å². The fraction of sp³-hybridized carbons (Fsp3) is 0.878. The maximum atomic E-state index is 12.5. The second kappa shape index (κ2) is 36.1. The molecule has 0 aliphatic rings. The average molecular weight is 666 g/mol. The lowest BCUT2D eigenvalue weighted by molar-refractivity contribution is -0.132. The highest BCUT2D eigenvalue weighted by Gasteiger charge is 2.28. The predicted molar refractivity (Wildman–Crippen MR) is 201 cm³/mol. The third kappa shape index (κ3) is 30.6. The van der Waals surface area contributed by atoms with Crippen LogP contribution in [0.1, 0.15) is 200 Å². The maximum Gasteiger partial charge on any atom is 0.249 e. The molecule has 47 heavy (non-hydrogen) atoms. The standard InChI is InChI=1S/C41H79NO5/c1-3-5-7-9-11-13-15-17-19-21-23-25-27-29-31-33-35-39(45)41(47)42-37(36-43)40(46)38(44)34-32-30-28-26-24-22-20-18-16-14-12-10-8-6-4-2/h18,20,26,28,37-40,43-46H,3-17,19,21-25,27,29-36H2,1-2H3,(H,42,47)/b20-18+,28-26+. The number of carbonyl (C=O) groups is 1. The summed E-state index contributed by atoms with van der Waals surface area (Å²) in [7, 11) is 0. The Morgan fingerprint density at radius 2 is 0.894 bits per heavy atom. The van der Waals surface area contributed by atoms with Gasteiger partial charge in [0.1, 0.15) is 12.2 Å². The van der Waals surface area contributed by atoms with Crippen molar-refractivity contribution in [2.24, 2.45) is 0 Å². The largest absolute Gasteiger partial charge is 0.394 e. The molecule has 0 bridgehead atoms. The van der Waals surface area contributed by atoms with Crippen LogP contribution < -0.4 is 5.32 Å². The molecule has 0 aliphatic carbocycles. The molecule has 278 valence electrons. The van der Waals surface area contributed by atoms with E-state index in [0.29, 0.717) is 19.3 Å². The Morgan fingerprint density at radius 1 is 0.511 bits per heavy atom. The van der Waals surface area contributed by atoms with Crippen LogP contribution in [0.2, 0.25) is 0 Å². The normalized spacial score (nSPS) is 14.6. The van der Waals surface area contributed by atoms with Crippen LogP contribution in [-0.4, -0.2) is 57.3 Å². The summed E-state index contributed by atoms with van der Waals surface area (Å²) in [5.41, 5.74) is 0. The summed E-state index contributed by atoms with van der Waals surface area (Å²) in [5.74, 6) is -0.597. The SMILES string of the molecule is CCCCCCCC/C=C/CC/C=C/CCCC(O)C(O)C(CO)NC(=O)C(O)CCCCCCCCCCCCCCCCCC. The van der Waals surface area contributed by atoms with Crippen molar-refractivity contribution in [1.82, 2.24) is 5.32 Å². The van der Waals surface area contributed by atoms with Crippen molar-refractivity contribution >= 4 is 5.91 Å². The molecule has 0 heterocycles. The molecule has 1 amide bonds. The highest BCUT2D eigenvalue weighted by molar-refractivity contribution is 5.80. The number of hydrogen-bond acceptors (Lipinski definition) is 5. The summed E-state index contributed by atoms with van der Waals surface area (Å²) < 4.78 is 0. The van der Waals surface area contributed by atoms with Crippen molar-refractivity contribution < 1.29 is 25.2 Å². The van der Waals surface area contributed by atoms with Crippen molar-refractivity contribution in [3.8, 4) is 0 Å². The molecule has 0 fully saturated rings. The van der Waals surface area contributed by atoms with Gasteiger partial charge in [0, 0.05) is 0 Å². The maximum absolute atomic E-state index is 12.5. The van der Waals surface area contributed by atoms with Crippen LogP contribution in [0, 0.1) is 0 Å². The minimum atomic E-state index is -1.28. The Morgan fingerprint density at radius 3 is 1.34 bits per heavy atom. The van der Waals surface area contributed by atoms with Crippen molar-refractivity contribution in [3.05, 3.63) is 24.3 Å². The Bertz CT molecular complexity index is 712. The molecule has 0 spiro atoms. The predicted octanol–water partition coefficient (Wildman–Crippen LogP) is 10.0. The molecule has 5 N–H and O–H groups in total. The van der Waals surface area contributed by atoms with Gasteiger partial charge in [0.05, 0.1) is 18.8 Å². The first-order valence-electron chi connectivity index (χ1n) is 20.2. The van der Waals surface area contributed by atoms with Crippen LogP contribution in [0.4, 0.5) is 0 Å². The van der Waals surface area contributed by atoms with Gasteiger partial charge in [0.25, 0.3) is 0 Å². The molecule has 0 saturated heterocycles. The Kier molecular flexibility index (Phi) is 35.2. The van der Waals surface area contributed by atoms with Crippen LogP contribution in [0.5, 0.6) is 0 Å². The number of amides is 1. The van der Waals surface area contributed by atoms with E-state index in [4.69, 9.17) is 0 Å². The van der Waals surface area contributed by atoms with E-state index in [1.165, 1.54) is 128 Å². The monoisotopic (exact) mass is 666 g/mol. The van der Waals surface area contributed by atoms with Gasteiger partial charge in [-0.2, -0.15) is 0 Å². The smallest absolute Gasteiger partial charge is 0.249 e. The molecule has 0 aromatic carbocycles. The van der Waals surface area contributed by atoms with Gasteiger partial charge in [0.2, 0.25) is 5.91 Å². The van der Waals surface area contributed by atoms with E-state index in [-0.39, 0.29) is 0 Å². The van der Waals surface area contributed by atoms with E-state index in [0.717, 1.165) is 38.5 Å². The quantitative estimate of drug-likeness (QED) is 0.0338. The second-order valence-corrected chi connectivity index (χ2v) is 14.0. The Hall–Kier alpha value is -1.21. The van der Waals surface area contributed by atoms with Gasteiger partial charge < -0.3 is 25.7 Å². The van der Waals surface area contributed by atoms with Crippen molar-refractivity contribution in [2.45, 2.75) is 224 Å². The number of nitrogens with one attached hydrogen (secondary N) is 1. The third-order valence-electron chi connectivity index (χ3n) is 9.39. The summed E-state index contributed by atoms with van der Waals surface area (Å²) in [6, 6.07) is -1.00. The molecular weight excluding hydrogens is 586 g/mol. The van der Waals surface area contributed by atoms with Crippen LogP contribution >= 0.6 is 0 Å². The van der Waals surface area contributed by atoms with E-state index in [1.807, 2.05) is 0 Å². The molecule has 0 rings (SSSR count). The Labute approximate surface area is 291 Å².